The fourth-order valence-corrected chi connectivity index (χ4v) is 2.64. The van der Waals surface area contributed by atoms with Crippen molar-refractivity contribution in [2.24, 2.45) is 0 Å². The van der Waals surface area contributed by atoms with E-state index < -0.39 is 0 Å². The van der Waals surface area contributed by atoms with Gasteiger partial charge in [-0.15, -0.1) is 11.6 Å². The zero-order chi connectivity index (χ0) is 12.4. The highest BCUT2D eigenvalue weighted by molar-refractivity contribution is 9.10. The number of carbonyl (C=O) groups is 1. The van der Waals surface area contributed by atoms with Gasteiger partial charge in [-0.2, -0.15) is 0 Å². The Morgan fingerprint density at radius 2 is 2.00 bits per heavy atom. The molecule has 0 aliphatic carbocycles. The first kappa shape index (κ1) is 13.2. The molecule has 0 saturated carbocycles. The molecule has 1 fully saturated rings. The normalized spacial score (nSPS) is 17.2. The Hall–Kier alpha value is -0.250. The van der Waals surface area contributed by atoms with E-state index in [1.54, 1.807) is 12.1 Å². The van der Waals surface area contributed by atoms with E-state index in [1.165, 1.54) is 0 Å². The minimum Gasteiger partial charge on any atom is -0.338 e. The number of carbonyl (C=O) groups excluding carboxylic acids is 1. The van der Waals surface area contributed by atoms with Crippen LogP contribution in [-0.2, 0) is 0 Å². The van der Waals surface area contributed by atoms with E-state index in [-0.39, 0.29) is 11.3 Å². The van der Waals surface area contributed by atoms with Gasteiger partial charge in [-0.1, -0.05) is 27.5 Å². The second-order valence-corrected chi connectivity index (χ2v) is 6.03. The van der Waals surface area contributed by atoms with Crippen LogP contribution >= 0.6 is 39.1 Å². The molecule has 2 rings (SSSR count). The smallest absolute Gasteiger partial charge is 0.255 e. The molecule has 1 aliphatic rings. The Kier molecular flexibility index (Phi) is 4.34. The Morgan fingerprint density at radius 1 is 1.35 bits per heavy atom. The lowest BCUT2D eigenvalue weighted by Gasteiger charge is -2.29. The summed E-state index contributed by atoms with van der Waals surface area (Å²) in [5.41, 5.74) is 0.550. The third-order valence-electron chi connectivity index (χ3n) is 2.87. The van der Waals surface area contributed by atoms with E-state index >= 15 is 0 Å². The van der Waals surface area contributed by atoms with Gasteiger partial charge in [0.15, 0.2) is 0 Å². The van der Waals surface area contributed by atoms with Crippen molar-refractivity contribution in [3.8, 4) is 0 Å². The highest BCUT2D eigenvalue weighted by Crippen LogP contribution is 2.24. The summed E-state index contributed by atoms with van der Waals surface area (Å²) < 4.78 is 0.859. The molecule has 0 aromatic heterocycles. The molecule has 0 radical (unpaired) electrons. The van der Waals surface area contributed by atoms with E-state index in [1.807, 2.05) is 11.0 Å². The molecule has 1 heterocycles. The Labute approximate surface area is 119 Å². The highest BCUT2D eigenvalue weighted by Gasteiger charge is 2.23. The maximum atomic E-state index is 12.3. The number of hydrogen-bond acceptors (Lipinski definition) is 1. The number of alkyl halides is 1. The molecule has 0 unspecified atom stereocenters. The maximum Gasteiger partial charge on any atom is 0.255 e. The molecule has 1 amide bonds. The molecule has 2 nitrogen and oxygen atoms in total. The fraction of sp³-hybridized carbons (Fsp3) is 0.417. The van der Waals surface area contributed by atoms with Crippen molar-refractivity contribution in [3.05, 3.63) is 33.3 Å². The molecule has 1 aromatic rings. The minimum atomic E-state index is -0.0140. The molecule has 5 heteroatoms. The van der Waals surface area contributed by atoms with Gasteiger partial charge in [0.1, 0.15) is 0 Å². The first-order chi connectivity index (χ1) is 8.08. The van der Waals surface area contributed by atoms with Crippen molar-refractivity contribution >= 4 is 45.0 Å². The molecule has 0 atom stereocenters. The van der Waals surface area contributed by atoms with Crippen molar-refractivity contribution in [1.82, 2.24) is 4.90 Å². The van der Waals surface area contributed by atoms with Gasteiger partial charge in [-0.05, 0) is 31.0 Å². The molecular formula is C12H12BrCl2NO. The number of benzene rings is 1. The molecule has 0 N–H and O–H groups in total. The van der Waals surface area contributed by atoms with Crippen LogP contribution in [0.5, 0.6) is 0 Å². The van der Waals surface area contributed by atoms with Gasteiger partial charge in [0.25, 0.3) is 5.91 Å². The van der Waals surface area contributed by atoms with Crippen molar-refractivity contribution < 1.29 is 4.79 Å². The van der Waals surface area contributed by atoms with Crippen molar-refractivity contribution in [2.75, 3.05) is 13.1 Å². The predicted molar refractivity (Wildman–Crippen MR) is 73.9 cm³/mol. The first-order valence-electron chi connectivity index (χ1n) is 5.46. The van der Waals surface area contributed by atoms with Gasteiger partial charge >= 0.3 is 0 Å². The molecule has 17 heavy (non-hydrogen) atoms. The number of halogens is 3. The summed E-state index contributed by atoms with van der Waals surface area (Å²) >= 11 is 15.4. The van der Waals surface area contributed by atoms with Crippen molar-refractivity contribution in [2.45, 2.75) is 18.2 Å². The summed E-state index contributed by atoms with van der Waals surface area (Å²) in [6.07, 6.45) is 1.69. The monoisotopic (exact) mass is 335 g/mol. The van der Waals surface area contributed by atoms with Crippen LogP contribution in [0.1, 0.15) is 23.2 Å². The van der Waals surface area contributed by atoms with Crippen LogP contribution in [0.15, 0.2) is 22.7 Å². The lowest BCUT2D eigenvalue weighted by molar-refractivity contribution is 0.0726. The quantitative estimate of drug-likeness (QED) is 0.711. The van der Waals surface area contributed by atoms with Crippen LogP contribution in [0.2, 0.25) is 5.02 Å². The summed E-state index contributed by atoms with van der Waals surface area (Å²) in [4.78, 5) is 14.1. The Morgan fingerprint density at radius 3 is 2.65 bits per heavy atom. The summed E-state index contributed by atoms with van der Waals surface area (Å²) in [7, 11) is 0. The van der Waals surface area contributed by atoms with E-state index in [0.717, 1.165) is 17.3 Å². The predicted octanol–water partition coefficient (Wildman–Crippen LogP) is 3.95. The molecular weight excluding hydrogens is 325 g/mol. The third kappa shape index (κ3) is 3.15. The second-order valence-electron chi connectivity index (χ2n) is 4.09. The van der Waals surface area contributed by atoms with Crippen molar-refractivity contribution in [3.63, 3.8) is 0 Å². The zero-order valence-corrected chi connectivity index (χ0v) is 12.2. The summed E-state index contributed by atoms with van der Waals surface area (Å²) in [5, 5.41) is 0.684. The zero-order valence-electron chi connectivity index (χ0n) is 9.13. The van der Waals surface area contributed by atoms with Gasteiger partial charge in [0.2, 0.25) is 0 Å². The summed E-state index contributed by atoms with van der Waals surface area (Å²) in [5.74, 6) is -0.0140. The minimum absolute atomic E-state index is 0.0140. The van der Waals surface area contributed by atoms with Gasteiger partial charge in [0, 0.05) is 22.9 Å². The van der Waals surface area contributed by atoms with Crippen LogP contribution in [0, 0.1) is 0 Å². The number of nitrogens with zero attached hydrogens (tertiary/aromatic N) is 1. The molecule has 0 bridgehead atoms. The maximum absolute atomic E-state index is 12.3. The summed E-state index contributed by atoms with van der Waals surface area (Å²) in [6.45, 7) is 1.41. The summed E-state index contributed by atoms with van der Waals surface area (Å²) in [6, 6.07) is 5.31. The van der Waals surface area contributed by atoms with Crippen molar-refractivity contribution in [1.29, 1.82) is 0 Å². The fourth-order valence-electron chi connectivity index (χ4n) is 1.88. The first-order valence-corrected chi connectivity index (χ1v) is 7.07. The molecule has 1 saturated heterocycles. The van der Waals surface area contributed by atoms with E-state index in [2.05, 4.69) is 15.9 Å². The number of likely N-dealkylation sites (tertiary alicyclic amines) is 1. The van der Waals surface area contributed by atoms with Crippen LogP contribution in [-0.4, -0.2) is 29.3 Å². The van der Waals surface area contributed by atoms with Gasteiger partial charge in [-0.3, -0.25) is 4.79 Å². The van der Waals surface area contributed by atoms with Crippen LogP contribution < -0.4 is 0 Å². The average Bonchev–Trinajstić information content (AvgIpc) is 2.32. The SMILES string of the molecule is O=C(c1cc(Br)ccc1Cl)N1CCC(Cl)CC1. The molecule has 0 spiro atoms. The van der Waals surface area contributed by atoms with E-state index in [4.69, 9.17) is 23.2 Å². The molecule has 1 aliphatic heterocycles. The average molecular weight is 337 g/mol. The van der Waals surface area contributed by atoms with E-state index in [9.17, 15) is 4.79 Å². The molecule has 92 valence electrons. The van der Waals surface area contributed by atoms with Gasteiger partial charge in [-0.25, -0.2) is 0 Å². The van der Waals surface area contributed by atoms with Crippen LogP contribution in [0.4, 0.5) is 0 Å². The second kappa shape index (κ2) is 5.59. The number of amides is 1. The highest BCUT2D eigenvalue weighted by atomic mass is 79.9. The Balaban J connectivity index is 2.16. The van der Waals surface area contributed by atoms with Crippen LogP contribution in [0.25, 0.3) is 0 Å². The number of rotatable bonds is 1. The topological polar surface area (TPSA) is 20.3 Å². The molecule has 1 aromatic carbocycles. The number of hydrogen-bond donors (Lipinski definition) is 0. The van der Waals surface area contributed by atoms with Crippen LogP contribution in [0.3, 0.4) is 0 Å². The van der Waals surface area contributed by atoms with Gasteiger partial charge < -0.3 is 4.90 Å². The lowest BCUT2D eigenvalue weighted by Crippen LogP contribution is -2.38. The Bertz CT molecular complexity index is 431. The largest absolute Gasteiger partial charge is 0.338 e. The lowest BCUT2D eigenvalue weighted by atomic mass is 10.1. The standard InChI is InChI=1S/C12H12BrCl2NO/c13-8-1-2-11(15)10(7-8)12(17)16-5-3-9(14)4-6-16/h1-2,7,9H,3-6H2. The van der Waals surface area contributed by atoms with E-state index in [0.29, 0.717) is 23.7 Å². The van der Waals surface area contributed by atoms with Gasteiger partial charge in [0.05, 0.1) is 10.6 Å². The third-order valence-corrected chi connectivity index (χ3v) is 4.13. The number of piperidine rings is 1.